The molecule has 29 heavy (non-hydrogen) atoms. The summed E-state index contributed by atoms with van der Waals surface area (Å²) in [6.07, 6.45) is -6.85. The van der Waals surface area contributed by atoms with Gasteiger partial charge in [0.2, 0.25) is 6.04 Å². The number of hydrogen-bond donors (Lipinski definition) is 0. The van der Waals surface area contributed by atoms with Crippen LogP contribution in [0.3, 0.4) is 0 Å². The number of hydrogen-bond acceptors (Lipinski definition) is 7. The Morgan fingerprint density at radius 1 is 1.21 bits per heavy atom. The quantitative estimate of drug-likeness (QED) is 0.163. The Hall–Kier alpha value is -3.57. The molecule has 0 aliphatic heterocycles. The molecule has 0 saturated carbocycles. The van der Waals surface area contributed by atoms with Crippen LogP contribution in [0.15, 0.2) is 47.6 Å². The van der Waals surface area contributed by atoms with Crippen LogP contribution >= 0.6 is 0 Å². The summed E-state index contributed by atoms with van der Waals surface area (Å²) in [5, 5.41) is 13.7. The number of alkyl halides is 3. The predicted molar refractivity (Wildman–Crippen MR) is 89.0 cm³/mol. The lowest BCUT2D eigenvalue weighted by Crippen LogP contribution is -2.31. The number of rotatable bonds is 7. The Bertz CT molecular complexity index is 934. The van der Waals surface area contributed by atoms with E-state index in [1.165, 1.54) is 18.2 Å². The Morgan fingerprint density at radius 3 is 2.41 bits per heavy atom. The van der Waals surface area contributed by atoms with Crippen LogP contribution in [0.2, 0.25) is 0 Å². The van der Waals surface area contributed by atoms with Gasteiger partial charge in [0.15, 0.2) is 11.6 Å². The van der Waals surface area contributed by atoms with E-state index in [-0.39, 0.29) is 17.4 Å². The molecule has 0 aliphatic carbocycles. The number of nitroso groups, excluding NO2 is 1. The van der Waals surface area contributed by atoms with Crippen molar-refractivity contribution < 1.29 is 36.8 Å². The number of carbonyl (C=O) groups is 1. The van der Waals surface area contributed by atoms with Crippen LogP contribution in [-0.2, 0) is 15.7 Å². The minimum atomic E-state index is -4.74. The molecule has 2 atom stereocenters. The van der Waals surface area contributed by atoms with Gasteiger partial charge in [0, 0.05) is 6.92 Å². The molecule has 0 amide bonds. The zero-order valence-electron chi connectivity index (χ0n) is 14.6. The van der Waals surface area contributed by atoms with Gasteiger partial charge in [-0.2, -0.15) is 13.2 Å². The number of nitrogens with zero attached hydrogens (tertiary/aromatic N) is 2. The van der Waals surface area contributed by atoms with Crippen molar-refractivity contribution in [3.8, 4) is 11.5 Å². The van der Waals surface area contributed by atoms with Crippen molar-refractivity contribution in [3.05, 3.63) is 74.4 Å². The SMILES string of the molecule is CC(=O)OC(C(N=O)c1cccc(Oc2ccc(C(F)(F)F)cc2F)c1)[N+](=O)[O-]. The molecule has 2 rings (SSSR count). The van der Waals surface area contributed by atoms with Crippen LogP contribution in [0.5, 0.6) is 11.5 Å². The third-order valence-electron chi connectivity index (χ3n) is 3.56. The number of esters is 1. The van der Waals surface area contributed by atoms with Crippen LogP contribution in [-0.4, -0.2) is 17.1 Å². The summed E-state index contributed by atoms with van der Waals surface area (Å²) in [4.78, 5) is 32.3. The largest absolute Gasteiger partial charge is 0.454 e. The average Bonchev–Trinajstić information content (AvgIpc) is 2.62. The van der Waals surface area contributed by atoms with Crippen molar-refractivity contribution in [1.29, 1.82) is 0 Å². The van der Waals surface area contributed by atoms with Crippen molar-refractivity contribution in [2.75, 3.05) is 0 Å². The van der Waals surface area contributed by atoms with Crippen molar-refractivity contribution >= 4 is 5.97 Å². The Labute approximate surface area is 160 Å². The van der Waals surface area contributed by atoms with E-state index in [0.717, 1.165) is 19.1 Å². The molecule has 0 aromatic heterocycles. The summed E-state index contributed by atoms with van der Waals surface area (Å²) >= 11 is 0. The van der Waals surface area contributed by atoms with Gasteiger partial charge >= 0.3 is 18.4 Å². The summed E-state index contributed by atoms with van der Waals surface area (Å²) in [6.45, 7) is 0.908. The fourth-order valence-corrected chi connectivity index (χ4v) is 2.32. The van der Waals surface area contributed by atoms with Gasteiger partial charge in [0.25, 0.3) is 0 Å². The van der Waals surface area contributed by atoms with E-state index in [4.69, 9.17) is 4.74 Å². The fourth-order valence-electron chi connectivity index (χ4n) is 2.32. The molecule has 0 radical (unpaired) electrons. The maximum Gasteiger partial charge on any atom is 0.416 e. The maximum absolute atomic E-state index is 13.9. The smallest absolute Gasteiger partial charge is 0.416 e. The van der Waals surface area contributed by atoms with E-state index < -0.39 is 46.5 Å². The Balaban J connectivity index is 2.32. The third kappa shape index (κ3) is 5.46. The highest BCUT2D eigenvalue weighted by Gasteiger charge is 2.37. The van der Waals surface area contributed by atoms with E-state index in [9.17, 15) is 37.4 Å². The lowest BCUT2D eigenvalue weighted by Gasteiger charge is -2.15. The maximum atomic E-state index is 13.9. The van der Waals surface area contributed by atoms with E-state index in [1.54, 1.807) is 0 Å². The van der Waals surface area contributed by atoms with E-state index >= 15 is 0 Å². The molecule has 2 unspecified atom stereocenters. The number of carbonyl (C=O) groups excluding carboxylic acids is 1. The molecule has 0 aliphatic rings. The number of halogens is 4. The molecule has 0 heterocycles. The van der Waals surface area contributed by atoms with Crippen LogP contribution in [0.1, 0.15) is 24.1 Å². The van der Waals surface area contributed by atoms with Crippen molar-refractivity contribution in [3.63, 3.8) is 0 Å². The topological polar surface area (TPSA) is 108 Å². The molecular weight excluding hydrogens is 404 g/mol. The highest BCUT2D eigenvalue weighted by molar-refractivity contribution is 5.66. The summed E-state index contributed by atoms with van der Waals surface area (Å²) in [5.41, 5.74) is -1.30. The van der Waals surface area contributed by atoms with Gasteiger partial charge in [-0.3, -0.25) is 14.9 Å². The van der Waals surface area contributed by atoms with Gasteiger partial charge in [-0.25, -0.2) is 4.39 Å². The molecule has 2 aromatic carbocycles. The second-order valence-corrected chi connectivity index (χ2v) is 5.65. The molecule has 0 bridgehead atoms. The monoisotopic (exact) mass is 416 g/mol. The van der Waals surface area contributed by atoms with E-state index in [1.807, 2.05) is 0 Å². The van der Waals surface area contributed by atoms with Crippen LogP contribution < -0.4 is 4.74 Å². The van der Waals surface area contributed by atoms with Gasteiger partial charge < -0.3 is 9.47 Å². The highest BCUT2D eigenvalue weighted by atomic mass is 19.4. The number of benzene rings is 2. The minimum Gasteiger partial charge on any atom is -0.454 e. The molecule has 0 fully saturated rings. The predicted octanol–water partition coefficient (Wildman–Crippen LogP) is 4.61. The van der Waals surface area contributed by atoms with Crippen LogP contribution in [0, 0.1) is 20.8 Å². The lowest BCUT2D eigenvalue weighted by molar-refractivity contribution is -0.572. The molecule has 12 heteroatoms. The van der Waals surface area contributed by atoms with Crippen molar-refractivity contribution in [1.82, 2.24) is 0 Å². The molecule has 2 aromatic rings. The molecular formula is C17H12F4N2O6. The Morgan fingerprint density at radius 2 is 1.90 bits per heavy atom. The van der Waals surface area contributed by atoms with E-state index in [0.29, 0.717) is 6.07 Å². The van der Waals surface area contributed by atoms with Crippen molar-refractivity contribution in [2.45, 2.75) is 25.4 Å². The van der Waals surface area contributed by atoms with Gasteiger partial charge in [-0.1, -0.05) is 12.1 Å². The summed E-state index contributed by atoms with van der Waals surface area (Å²) in [6, 6.07) is 4.78. The standard InChI is InChI=1S/C17H12F4N2O6/c1-9(24)28-16(23(26)27)15(22-25)10-3-2-4-12(7-10)29-14-6-5-11(8-13(14)18)17(19,20)21/h2-8,15-16H,1H3. The summed E-state index contributed by atoms with van der Waals surface area (Å²) in [5.74, 6) is -2.99. The van der Waals surface area contributed by atoms with Gasteiger partial charge in [0.1, 0.15) is 5.75 Å². The molecule has 0 spiro atoms. The summed E-state index contributed by atoms with van der Waals surface area (Å²) in [7, 11) is 0. The zero-order chi connectivity index (χ0) is 21.8. The number of ether oxygens (including phenoxy) is 2. The first-order chi connectivity index (χ1) is 13.5. The average molecular weight is 416 g/mol. The van der Waals surface area contributed by atoms with Gasteiger partial charge in [0.05, 0.1) is 10.5 Å². The van der Waals surface area contributed by atoms with Crippen LogP contribution in [0.4, 0.5) is 17.6 Å². The first-order valence-electron chi connectivity index (χ1n) is 7.80. The highest BCUT2D eigenvalue weighted by Crippen LogP contribution is 2.34. The zero-order valence-corrected chi connectivity index (χ0v) is 14.6. The van der Waals surface area contributed by atoms with Gasteiger partial charge in [-0.15, -0.1) is 4.91 Å². The first kappa shape index (κ1) is 21.7. The molecule has 0 N–H and O–H groups in total. The summed E-state index contributed by atoms with van der Waals surface area (Å²) < 4.78 is 61.4. The molecule has 154 valence electrons. The van der Waals surface area contributed by atoms with E-state index in [2.05, 4.69) is 9.91 Å². The molecule has 8 nitrogen and oxygen atoms in total. The normalized spacial score (nSPS) is 13.3. The second-order valence-electron chi connectivity index (χ2n) is 5.65. The minimum absolute atomic E-state index is 0.0900. The first-order valence-corrected chi connectivity index (χ1v) is 7.80. The third-order valence-corrected chi connectivity index (χ3v) is 3.56. The number of nitro groups is 1. The van der Waals surface area contributed by atoms with Crippen LogP contribution in [0.25, 0.3) is 0 Å². The Kier molecular flexibility index (Phi) is 6.46. The fraction of sp³-hybridized carbons (Fsp3) is 0.235. The molecule has 0 saturated heterocycles. The van der Waals surface area contributed by atoms with Gasteiger partial charge in [-0.05, 0) is 41.1 Å². The van der Waals surface area contributed by atoms with Crippen molar-refractivity contribution in [2.24, 2.45) is 5.18 Å². The second kappa shape index (κ2) is 8.63. The lowest BCUT2D eigenvalue weighted by atomic mass is 10.1.